The SMILES string of the molecule is Cc1cccc(CCNC(=O)C2(CN)CCCC2)c1.Cl. The average Bonchev–Trinajstić information content (AvgIpc) is 2.89. The van der Waals surface area contributed by atoms with Gasteiger partial charge in [-0.15, -0.1) is 12.4 Å². The monoisotopic (exact) mass is 296 g/mol. The quantitative estimate of drug-likeness (QED) is 0.877. The lowest BCUT2D eigenvalue weighted by atomic mass is 9.85. The van der Waals surface area contributed by atoms with Crippen LogP contribution in [0.1, 0.15) is 36.8 Å². The van der Waals surface area contributed by atoms with Crippen molar-refractivity contribution in [3.63, 3.8) is 0 Å². The molecular weight excluding hydrogens is 272 g/mol. The fraction of sp³-hybridized carbons (Fsp3) is 0.562. The van der Waals surface area contributed by atoms with Gasteiger partial charge in [0.05, 0.1) is 5.41 Å². The summed E-state index contributed by atoms with van der Waals surface area (Å²) in [6.07, 6.45) is 5.03. The van der Waals surface area contributed by atoms with Crippen molar-refractivity contribution in [3.05, 3.63) is 35.4 Å². The molecule has 0 aromatic heterocycles. The molecule has 1 amide bonds. The van der Waals surface area contributed by atoms with E-state index in [1.165, 1.54) is 11.1 Å². The molecule has 0 saturated heterocycles. The predicted octanol–water partition coefficient (Wildman–Crippen LogP) is 2.59. The maximum absolute atomic E-state index is 12.3. The number of benzene rings is 1. The number of aryl methyl sites for hydroxylation is 1. The third-order valence-corrected chi connectivity index (χ3v) is 4.21. The summed E-state index contributed by atoms with van der Waals surface area (Å²) >= 11 is 0. The summed E-state index contributed by atoms with van der Waals surface area (Å²) in [6, 6.07) is 8.42. The summed E-state index contributed by atoms with van der Waals surface area (Å²) in [7, 11) is 0. The molecule has 1 aromatic carbocycles. The van der Waals surface area contributed by atoms with Crippen LogP contribution < -0.4 is 11.1 Å². The van der Waals surface area contributed by atoms with Crippen LogP contribution in [0.5, 0.6) is 0 Å². The van der Waals surface area contributed by atoms with E-state index in [1.807, 2.05) is 0 Å². The first-order valence-corrected chi connectivity index (χ1v) is 7.20. The van der Waals surface area contributed by atoms with Crippen LogP contribution in [0.2, 0.25) is 0 Å². The van der Waals surface area contributed by atoms with Gasteiger partial charge in [-0.05, 0) is 31.7 Å². The van der Waals surface area contributed by atoms with Crippen LogP contribution in [0.3, 0.4) is 0 Å². The van der Waals surface area contributed by atoms with Gasteiger partial charge in [-0.1, -0.05) is 42.7 Å². The zero-order valence-corrected chi connectivity index (χ0v) is 13.0. The Bertz CT molecular complexity index is 442. The number of nitrogens with one attached hydrogen (secondary N) is 1. The van der Waals surface area contributed by atoms with Gasteiger partial charge in [0.15, 0.2) is 0 Å². The second-order valence-corrected chi connectivity index (χ2v) is 5.69. The van der Waals surface area contributed by atoms with Crippen molar-refractivity contribution in [1.29, 1.82) is 0 Å². The first-order chi connectivity index (χ1) is 9.16. The van der Waals surface area contributed by atoms with Crippen molar-refractivity contribution in [2.75, 3.05) is 13.1 Å². The van der Waals surface area contributed by atoms with Crippen molar-refractivity contribution in [2.24, 2.45) is 11.1 Å². The van der Waals surface area contributed by atoms with Crippen molar-refractivity contribution in [1.82, 2.24) is 5.32 Å². The summed E-state index contributed by atoms with van der Waals surface area (Å²) in [5, 5.41) is 3.07. The number of carbonyl (C=O) groups excluding carboxylic acids is 1. The number of hydrogen-bond acceptors (Lipinski definition) is 2. The summed E-state index contributed by atoms with van der Waals surface area (Å²) in [6.45, 7) is 3.26. The summed E-state index contributed by atoms with van der Waals surface area (Å²) in [5.74, 6) is 0.153. The number of nitrogens with two attached hydrogens (primary N) is 1. The highest BCUT2D eigenvalue weighted by molar-refractivity contribution is 5.85. The van der Waals surface area contributed by atoms with Gasteiger partial charge in [-0.2, -0.15) is 0 Å². The third-order valence-electron chi connectivity index (χ3n) is 4.21. The van der Waals surface area contributed by atoms with Crippen LogP contribution in [0.4, 0.5) is 0 Å². The molecule has 0 radical (unpaired) electrons. The highest BCUT2D eigenvalue weighted by atomic mass is 35.5. The average molecular weight is 297 g/mol. The summed E-state index contributed by atoms with van der Waals surface area (Å²) in [4.78, 5) is 12.3. The highest BCUT2D eigenvalue weighted by Gasteiger charge is 2.39. The first-order valence-electron chi connectivity index (χ1n) is 7.20. The molecule has 2 rings (SSSR count). The fourth-order valence-corrected chi connectivity index (χ4v) is 2.95. The second kappa shape index (κ2) is 7.65. The van der Waals surface area contributed by atoms with Gasteiger partial charge in [0.1, 0.15) is 0 Å². The Kier molecular flexibility index (Phi) is 6.50. The van der Waals surface area contributed by atoms with E-state index in [4.69, 9.17) is 5.73 Å². The fourth-order valence-electron chi connectivity index (χ4n) is 2.95. The van der Waals surface area contributed by atoms with Crippen LogP contribution >= 0.6 is 12.4 Å². The number of amides is 1. The number of rotatable bonds is 5. The number of halogens is 1. The van der Waals surface area contributed by atoms with Crippen molar-refractivity contribution in [2.45, 2.75) is 39.0 Å². The van der Waals surface area contributed by atoms with E-state index >= 15 is 0 Å². The van der Waals surface area contributed by atoms with E-state index in [1.54, 1.807) is 0 Å². The minimum absolute atomic E-state index is 0. The minimum atomic E-state index is -0.285. The lowest BCUT2D eigenvalue weighted by Crippen LogP contribution is -2.44. The molecule has 1 saturated carbocycles. The van der Waals surface area contributed by atoms with Crippen LogP contribution in [0.25, 0.3) is 0 Å². The maximum atomic E-state index is 12.3. The molecule has 1 aromatic rings. The van der Waals surface area contributed by atoms with Crippen molar-refractivity contribution < 1.29 is 4.79 Å². The van der Waals surface area contributed by atoms with E-state index in [9.17, 15) is 4.79 Å². The lowest BCUT2D eigenvalue weighted by molar-refractivity contribution is -0.130. The molecule has 20 heavy (non-hydrogen) atoms. The molecular formula is C16H25ClN2O. The smallest absolute Gasteiger partial charge is 0.227 e. The van der Waals surface area contributed by atoms with Gasteiger partial charge in [-0.25, -0.2) is 0 Å². The molecule has 1 aliphatic rings. The summed E-state index contributed by atoms with van der Waals surface area (Å²) < 4.78 is 0. The molecule has 1 fully saturated rings. The molecule has 0 atom stereocenters. The third kappa shape index (κ3) is 3.97. The number of carbonyl (C=O) groups is 1. The predicted molar refractivity (Wildman–Crippen MR) is 85.1 cm³/mol. The van der Waals surface area contributed by atoms with Crippen molar-refractivity contribution in [3.8, 4) is 0 Å². The van der Waals surface area contributed by atoms with Gasteiger partial charge in [0.25, 0.3) is 0 Å². The van der Waals surface area contributed by atoms with Crippen LogP contribution in [-0.2, 0) is 11.2 Å². The van der Waals surface area contributed by atoms with Crippen molar-refractivity contribution >= 4 is 18.3 Å². The summed E-state index contributed by atoms with van der Waals surface area (Å²) in [5.41, 5.74) is 8.06. The zero-order valence-electron chi connectivity index (χ0n) is 12.2. The van der Waals surface area contributed by atoms with E-state index in [2.05, 4.69) is 36.5 Å². The molecule has 0 aliphatic heterocycles. The highest BCUT2D eigenvalue weighted by Crippen LogP contribution is 2.37. The van der Waals surface area contributed by atoms with E-state index in [0.717, 1.165) is 32.1 Å². The maximum Gasteiger partial charge on any atom is 0.227 e. The minimum Gasteiger partial charge on any atom is -0.355 e. The Morgan fingerprint density at radius 2 is 2.05 bits per heavy atom. The topological polar surface area (TPSA) is 55.1 Å². The molecule has 0 bridgehead atoms. The second-order valence-electron chi connectivity index (χ2n) is 5.69. The molecule has 0 heterocycles. The lowest BCUT2D eigenvalue weighted by Gasteiger charge is -2.25. The van der Waals surface area contributed by atoms with Gasteiger partial charge in [0.2, 0.25) is 5.91 Å². The Labute approximate surface area is 127 Å². The van der Waals surface area contributed by atoms with Gasteiger partial charge >= 0.3 is 0 Å². The molecule has 112 valence electrons. The molecule has 4 heteroatoms. The molecule has 1 aliphatic carbocycles. The van der Waals surface area contributed by atoms with E-state index in [-0.39, 0.29) is 23.7 Å². The first kappa shape index (κ1) is 17.0. The largest absolute Gasteiger partial charge is 0.355 e. The molecule has 3 nitrogen and oxygen atoms in total. The van der Waals surface area contributed by atoms with Crippen LogP contribution in [-0.4, -0.2) is 19.0 Å². The zero-order chi connectivity index (χ0) is 13.7. The molecule has 0 unspecified atom stereocenters. The molecule has 3 N–H and O–H groups in total. The Morgan fingerprint density at radius 3 is 2.65 bits per heavy atom. The van der Waals surface area contributed by atoms with Gasteiger partial charge in [0, 0.05) is 13.1 Å². The number of hydrogen-bond donors (Lipinski definition) is 2. The Hall–Kier alpha value is -1.06. The van der Waals surface area contributed by atoms with Gasteiger partial charge in [-0.3, -0.25) is 4.79 Å². The van der Waals surface area contributed by atoms with Gasteiger partial charge < -0.3 is 11.1 Å². The van der Waals surface area contributed by atoms with E-state index < -0.39 is 0 Å². The Balaban J connectivity index is 0.00000200. The normalized spacial score (nSPS) is 16.5. The Morgan fingerprint density at radius 1 is 1.35 bits per heavy atom. The standard InChI is InChI=1S/C16H24N2O.ClH/c1-13-5-4-6-14(11-13)7-10-18-15(19)16(12-17)8-2-3-9-16;/h4-6,11H,2-3,7-10,12,17H2,1H3,(H,18,19);1H. The van der Waals surface area contributed by atoms with Crippen LogP contribution in [0.15, 0.2) is 24.3 Å². The van der Waals surface area contributed by atoms with Crippen LogP contribution in [0, 0.1) is 12.3 Å². The molecule has 0 spiro atoms. The van der Waals surface area contributed by atoms with E-state index in [0.29, 0.717) is 13.1 Å².